The SMILES string of the molecule is CC1CC2C(=O)N(CC3(O)CCCCC3)C(=O)C2C1. The van der Waals surface area contributed by atoms with Crippen LogP contribution in [0.1, 0.15) is 51.9 Å². The highest BCUT2D eigenvalue weighted by atomic mass is 16.3. The van der Waals surface area contributed by atoms with Gasteiger partial charge in [-0.3, -0.25) is 14.5 Å². The number of carbonyl (C=O) groups excluding carboxylic acids is 2. The zero-order valence-electron chi connectivity index (χ0n) is 11.6. The van der Waals surface area contributed by atoms with E-state index in [1.807, 2.05) is 0 Å². The summed E-state index contributed by atoms with van der Waals surface area (Å²) >= 11 is 0. The maximum absolute atomic E-state index is 12.4. The molecule has 1 N–H and O–H groups in total. The van der Waals surface area contributed by atoms with E-state index in [1.165, 1.54) is 4.90 Å². The van der Waals surface area contributed by atoms with Crippen LogP contribution in [-0.2, 0) is 9.59 Å². The molecule has 1 heterocycles. The molecule has 1 saturated heterocycles. The lowest BCUT2D eigenvalue weighted by atomic mass is 9.84. The smallest absolute Gasteiger partial charge is 0.233 e. The van der Waals surface area contributed by atoms with Gasteiger partial charge < -0.3 is 5.11 Å². The quantitative estimate of drug-likeness (QED) is 0.773. The highest BCUT2D eigenvalue weighted by Gasteiger charge is 2.53. The molecule has 0 aromatic rings. The van der Waals surface area contributed by atoms with Crippen molar-refractivity contribution in [2.45, 2.75) is 57.5 Å². The Bertz CT molecular complexity index is 376. The molecular formula is C15H23NO3. The maximum atomic E-state index is 12.4. The summed E-state index contributed by atoms with van der Waals surface area (Å²) in [6, 6.07) is 0. The number of carbonyl (C=O) groups is 2. The predicted molar refractivity (Wildman–Crippen MR) is 70.1 cm³/mol. The first-order chi connectivity index (χ1) is 9.00. The van der Waals surface area contributed by atoms with Gasteiger partial charge >= 0.3 is 0 Å². The van der Waals surface area contributed by atoms with Crippen LogP contribution in [0.15, 0.2) is 0 Å². The second-order valence-electron chi connectivity index (χ2n) is 6.84. The molecule has 2 amide bonds. The van der Waals surface area contributed by atoms with Gasteiger partial charge in [0.15, 0.2) is 0 Å². The number of aliphatic hydroxyl groups is 1. The fourth-order valence-electron chi connectivity index (χ4n) is 4.16. The highest BCUT2D eigenvalue weighted by Crippen LogP contribution is 2.43. The molecule has 4 heteroatoms. The molecule has 0 aromatic carbocycles. The minimum absolute atomic E-state index is 0.0293. The maximum Gasteiger partial charge on any atom is 0.233 e. The molecule has 1 aliphatic heterocycles. The first kappa shape index (κ1) is 13.1. The molecule has 0 bridgehead atoms. The number of likely N-dealkylation sites (tertiary alicyclic amines) is 1. The zero-order valence-corrected chi connectivity index (χ0v) is 11.6. The van der Waals surface area contributed by atoms with Gasteiger partial charge in [-0.25, -0.2) is 0 Å². The Balaban J connectivity index is 1.72. The van der Waals surface area contributed by atoms with Crippen molar-refractivity contribution in [3.8, 4) is 0 Å². The Morgan fingerprint density at radius 3 is 2.16 bits per heavy atom. The van der Waals surface area contributed by atoms with Crippen LogP contribution in [0.5, 0.6) is 0 Å². The Kier molecular flexibility index (Phi) is 3.16. The van der Waals surface area contributed by atoms with E-state index in [-0.39, 0.29) is 30.2 Å². The summed E-state index contributed by atoms with van der Waals surface area (Å²) in [6.45, 7) is 2.34. The molecular weight excluding hydrogens is 242 g/mol. The molecule has 2 aliphatic carbocycles. The van der Waals surface area contributed by atoms with E-state index in [0.29, 0.717) is 5.92 Å². The van der Waals surface area contributed by atoms with Gasteiger partial charge in [0.2, 0.25) is 11.8 Å². The minimum atomic E-state index is -0.826. The molecule has 0 spiro atoms. The summed E-state index contributed by atoms with van der Waals surface area (Å²) in [7, 11) is 0. The molecule has 2 atom stereocenters. The van der Waals surface area contributed by atoms with E-state index >= 15 is 0 Å². The van der Waals surface area contributed by atoms with Gasteiger partial charge in [0, 0.05) is 0 Å². The Hall–Kier alpha value is -0.900. The van der Waals surface area contributed by atoms with E-state index in [2.05, 4.69) is 6.92 Å². The van der Waals surface area contributed by atoms with Crippen LogP contribution in [0, 0.1) is 17.8 Å². The highest BCUT2D eigenvalue weighted by molar-refractivity contribution is 6.05. The molecule has 0 radical (unpaired) electrons. The molecule has 19 heavy (non-hydrogen) atoms. The van der Waals surface area contributed by atoms with Crippen LogP contribution in [0.25, 0.3) is 0 Å². The van der Waals surface area contributed by atoms with Crippen LogP contribution in [0.3, 0.4) is 0 Å². The average Bonchev–Trinajstić information content (AvgIpc) is 2.85. The van der Waals surface area contributed by atoms with Crippen LogP contribution < -0.4 is 0 Å². The Morgan fingerprint density at radius 2 is 1.63 bits per heavy atom. The number of amides is 2. The van der Waals surface area contributed by atoms with Gasteiger partial charge in [0.05, 0.1) is 24.0 Å². The summed E-state index contributed by atoms with van der Waals surface area (Å²) in [5.74, 6) is 0.212. The van der Waals surface area contributed by atoms with Crippen molar-refractivity contribution in [3.05, 3.63) is 0 Å². The first-order valence-corrected chi connectivity index (χ1v) is 7.58. The normalized spacial score (nSPS) is 37.8. The van der Waals surface area contributed by atoms with E-state index in [9.17, 15) is 14.7 Å². The van der Waals surface area contributed by atoms with E-state index < -0.39 is 5.60 Å². The molecule has 3 fully saturated rings. The molecule has 2 unspecified atom stereocenters. The van der Waals surface area contributed by atoms with E-state index in [4.69, 9.17) is 0 Å². The van der Waals surface area contributed by atoms with Crippen molar-refractivity contribution < 1.29 is 14.7 Å². The van der Waals surface area contributed by atoms with Crippen LogP contribution in [0.2, 0.25) is 0 Å². The van der Waals surface area contributed by atoms with Crippen molar-refractivity contribution in [1.82, 2.24) is 4.90 Å². The lowest BCUT2D eigenvalue weighted by Crippen LogP contribution is -2.47. The number of β-amino-alcohol motifs (C(OH)–C–C–N with tert-alkyl or cyclic N) is 1. The topological polar surface area (TPSA) is 57.6 Å². The molecule has 3 rings (SSSR count). The summed E-state index contributed by atoms with van der Waals surface area (Å²) in [6.07, 6.45) is 6.25. The fourth-order valence-corrected chi connectivity index (χ4v) is 4.16. The summed E-state index contributed by atoms with van der Waals surface area (Å²) < 4.78 is 0. The van der Waals surface area contributed by atoms with E-state index in [0.717, 1.165) is 44.9 Å². The van der Waals surface area contributed by atoms with Crippen molar-refractivity contribution in [1.29, 1.82) is 0 Å². The van der Waals surface area contributed by atoms with Gasteiger partial charge in [-0.2, -0.15) is 0 Å². The van der Waals surface area contributed by atoms with Crippen LogP contribution >= 0.6 is 0 Å². The fraction of sp³-hybridized carbons (Fsp3) is 0.867. The summed E-state index contributed by atoms with van der Waals surface area (Å²) in [4.78, 5) is 26.1. The molecule has 4 nitrogen and oxygen atoms in total. The van der Waals surface area contributed by atoms with Crippen molar-refractivity contribution in [2.24, 2.45) is 17.8 Å². The molecule has 0 aromatic heterocycles. The lowest BCUT2D eigenvalue weighted by molar-refractivity contribution is -0.145. The number of rotatable bonds is 2. The second-order valence-corrected chi connectivity index (χ2v) is 6.84. The number of hydrogen-bond donors (Lipinski definition) is 1. The third-order valence-corrected chi connectivity index (χ3v) is 5.20. The number of fused-ring (bicyclic) bond motifs is 1. The number of hydrogen-bond acceptors (Lipinski definition) is 3. The third kappa shape index (κ3) is 2.20. The average molecular weight is 265 g/mol. The van der Waals surface area contributed by atoms with Gasteiger partial charge in [-0.15, -0.1) is 0 Å². The Morgan fingerprint density at radius 1 is 1.11 bits per heavy atom. The van der Waals surface area contributed by atoms with E-state index in [1.54, 1.807) is 0 Å². The van der Waals surface area contributed by atoms with Crippen LogP contribution in [0.4, 0.5) is 0 Å². The van der Waals surface area contributed by atoms with Gasteiger partial charge in [0.1, 0.15) is 0 Å². The van der Waals surface area contributed by atoms with Crippen LogP contribution in [-0.4, -0.2) is 34.0 Å². The standard InChI is InChI=1S/C15H23NO3/c1-10-7-11-12(8-10)14(18)16(13(11)17)9-15(19)5-3-2-4-6-15/h10-12,19H,2-9H2,1H3. The van der Waals surface area contributed by atoms with Crippen molar-refractivity contribution >= 4 is 11.8 Å². The zero-order chi connectivity index (χ0) is 13.6. The minimum Gasteiger partial charge on any atom is -0.388 e. The first-order valence-electron chi connectivity index (χ1n) is 7.58. The molecule has 106 valence electrons. The lowest BCUT2D eigenvalue weighted by Gasteiger charge is -2.35. The van der Waals surface area contributed by atoms with Crippen molar-refractivity contribution in [2.75, 3.05) is 6.54 Å². The monoisotopic (exact) mass is 265 g/mol. The second kappa shape index (κ2) is 4.58. The summed E-state index contributed by atoms with van der Waals surface area (Å²) in [5.41, 5.74) is -0.826. The van der Waals surface area contributed by atoms with Gasteiger partial charge in [-0.05, 0) is 31.6 Å². The van der Waals surface area contributed by atoms with Gasteiger partial charge in [-0.1, -0.05) is 26.2 Å². The summed E-state index contributed by atoms with van der Waals surface area (Å²) in [5, 5.41) is 10.5. The van der Waals surface area contributed by atoms with Crippen molar-refractivity contribution in [3.63, 3.8) is 0 Å². The number of imide groups is 1. The van der Waals surface area contributed by atoms with Gasteiger partial charge in [0.25, 0.3) is 0 Å². The Labute approximate surface area is 114 Å². The molecule has 2 saturated carbocycles. The predicted octanol–water partition coefficient (Wildman–Crippen LogP) is 1.71. The largest absolute Gasteiger partial charge is 0.388 e. The third-order valence-electron chi connectivity index (χ3n) is 5.20. The molecule has 3 aliphatic rings. The number of nitrogens with zero attached hydrogens (tertiary/aromatic N) is 1.